The van der Waals surface area contributed by atoms with Crippen LogP contribution in [0.5, 0.6) is 11.5 Å². The predicted molar refractivity (Wildman–Crippen MR) is 391 cm³/mol. The van der Waals surface area contributed by atoms with Crippen molar-refractivity contribution in [2.24, 2.45) is 0 Å². The van der Waals surface area contributed by atoms with Crippen LogP contribution in [0.3, 0.4) is 0 Å². The molecule has 22 heteroatoms. The summed E-state index contributed by atoms with van der Waals surface area (Å²) in [6, 6.07) is 83.0. The van der Waals surface area contributed by atoms with Gasteiger partial charge in [0.15, 0.2) is 0 Å². The molecule has 0 aliphatic carbocycles. The van der Waals surface area contributed by atoms with E-state index in [0.717, 1.165) is 39.1 Å². The molecule has 0 atom stereocenters. The number of nitrogens with one attached hydrogen (secondary N) is 4. The second-order valence-electron chi connectivity index (χ2n) is 22.2. The van der Waals surface area contributed by atoms with Gasteiger partial charge in [-0.25, -0.2) is 19.2 Å². The summed E-state index contributed by atoms with van der Waals surface area (Å²) in [6.07, 6.45) is -4.78. The molecule has 104 heavy (non-hydrogen) atoms. The highest BCUT2D eigenvalue weighted by molar-refractivity contribution is 6.33. The van der Waals surface area contributed by atoms with Crippen LogP contribution in [-0.2, 0) is 0 Å². The number of alkyl halides is 3. The highest BCUT2D eigenvalue weighted by Crippen LogP contribution is 2.32. The summed E-state index contributed by atoms with van der Waals surface area (Å²) in [6.45, 7) is 0. The topological polar surface area (TPSA) is 284 Å². The number of ether oxygens (including phenoxy) is 2. The van der Waals surface area contributed by atoms with Gasteiger partial charge in [0.05, 0.1) is 51.6 Å². The Labute approximate surface area is 597 Å². The van der Waals surface area contributed by atoms with Crippen LogP contribution in [0.1, 0.15) is 82.9 Å². The van der Waals surface area contributed by atoms with Crippen LogP contribution in [0.4, 0.5) is 35.9 Å². The van der Waals surface area contributed by atoms with E-state index in [-0.39, 0.29) is 50.3 Å². The molecule has 0 spiro atoms. The van der Waals surface area contributed by atoms with E-state index in [2.05, 4.69) is 26.0 Å². The number of amides is 4. The average molecular weight is 1420 g/mol. The fraction of sp³-hybridized carbons (Fsp3) is 0.0244. The number of methoxy groups -OCH3 is 1. The van der Waals surface area contributed by atoms with Crippen LogP contribution in [0.25, 0.3) is 44.5 Å². The molecular formula is C82H60ClF3N4O14. The summed E-state index contributed by atoms with van der Waals surface area (Å²) in [5.41, 5.74) is 9.40. The summed E-state index contributed by atoms with van der Waals surface area (Å²) in [7, 11) is 1.62. The first-order valence-corrected chi connectivity index (χ1v) is 31.7. The van der Waals surface area contributed by atoms with Crippen molar-refractivity contribution >= 4 is 81.9 Å². The third kappa shape index (κ3) is 20.6. The van der Waals surface area contributed by atoms with E-state index in [1.54, 1.807) is 116 Å². The molecule has 12 aromatic carbocycles. The molecule has 8 N–H and O–H groups in total. The monoisotopic (exact) mass is 1420 g/mol. The molecular weight excluding hydrogens is 1360 g/mol. The van der Waals surface area contributed by atoms with E-state index in [1.807, 2.05) is 115 Å². The van der Waals surface area contributed by atoms with Gasteiger partial charge in [-0.15, -0.1) is 13.2 Å². The fourth-order valence-electron chi connectivity index (χ4n) is 10.2. The zero-order chi connectivity index (χ0) is 74.3. The largest absolute Gasteiger partial charge is 0.573 e. The number of rotatable bonds is 18. The van der Waals surface area contributed by atoms with Crippen LogP contribution < -0.4 is 30.7 Å². The molecule has 18 nitrogen and oxygen atoms in total. The molecule has 0 fully saturated rings. The smallest absolute Gasteiger partial charge is 0.497 e. The third-order valence-electron chi connectivity index (χ3n) is 15.3. The second kappa shape index (κ2) is 35.2. The van der Waals surface area contributed by atoms with E-state index in [0.29, 0.717) is 38.9 Å². The van der Waals surface area contributed by atoms with Gasteiger partial charge in [0, 0.05) is 33.3 Å². The maximum absolute atomic E-state index is 12.4. The first kappa shape index (κ1) is 74.3. The van der Waals surface area contributed by atoms with Crippen molar-refractivity contribution in [1.29, 1.82) is 0 Å². The van der Waals surface area contributed by atoms with Crippen LogP contribution in [0.2, 0.25) is 5.02 Å². The number of hydrogen-bond donors (Lipinski definition) is 8. The molecule has 12 aromatic rings. The number of benzene rings is 12. The lowest BCUT2D eigenvalue weighted by molar-refractivity contribution is -0.274. The number of carboxylic acid groups (broad SMARTS) is 4. The summed E-state index contributed by atoms with van der Waals surface area (Å²) in [4.78, 5) is 94.3. The highest BCUT2D eigenvalue weighted by atomic mass is 35.5. The normalized spacial score (nSPS) is 10.4. The molecule has 0 aromatic heterocycles. The molecule has 0 aliphatic rings. The lowest BCUT2D eigenvalue weighted by Crippen LogP contribution is -2.17. The number of aromatic carboxylic acids is 4. The summed E-state index contributed by atoms with van der Waals surface area (Å²) in [5, 5.41) is 48.1. The number of halogens is 4. The van der Waals surface area contributed by atoms with Gasteiger partial charge in [-0.3, -0.25) is 19.2 Å². The zero-order valence-electron chi connectivity index (χ0n) is 54.7. The van der Waals surface area contributed by atoms with Crippen molar-refractivity contribution < 1.29 is 81.4 Å². The first-order valence-electron chi connectivity index (χ1n) is 31.3. The van der Waals surface area contributed by atoms with E-state index in [9.17, 15) is 66.8 Å². The van der Waals surface area contributed by atoms with E-state index in [4.69, 9.17) is 21.4 Å². The Morgan fingerprint density at radius 3 is 0.875 bits per heavy atom. The first-order chi connectivity index (χ1) is 50.0. The molecule has 0 bridgehead atoms. The van der Waals surface area contributed by atoms with Crippen molar-refractivity contribution in [2.45, 2.75) is 6.36 Å². The van der Waals surface area contributed by atoms with Crippen LogP contribution in [0.15, 0.2) is 297 Å². The zero-order valence-corrected chi connectivity index (χ0v) is 55.4. The minimum Gasteiger partial charge on any atom is -0.497 e. The maximum Gasteiger partial charge on any atom is 0.573 e. The van der Waals surface area contributed by atoms with Crippen LogP contribution >= 0.6 is 11.6 Å². The van der Waals surface area contributed by atoms with E-state index in [1.165, 1.54) is 72.8 Å². The Morgan fingerprint density at radius 1 is 0.298 bits per heavy atom. The van der Waals surface area contributed by atoms with Gasteiger partial charge in [-0.05, 0) is 166 Å². The molecule has 0 heterocycles. The Hall–Kier alpha value is -13.9. The molecule has 0 saturated carbocycles. The number of carboxylic acids is 4. The molecule has 0 unspecified atom stereocenters. The van der Waals surface area contributed by atoms with Gasteiger partial charge >= 0.3 is 30.2 Å². The Bertz CT molecular complexity index is 5080. The van der Waals surface area contributed by atoms with Crippen molar-refractivity contribution in [3.8, 4) is 56.0 Å². The van der Waals surface area contributed by atoms with Gasteiger partial charge < -0.3 is 51.2 Å². The fourth-order valence-corrected chi connectivity index (χ4v) is 10.5. The quantitative estimate of drug-likeness (QED) is 0.0397. The highest BCUT2D eigenvalue weighted by Gasteiger charge is 2.31. The van der Waals surface area contributed by atoms with Crippen molar-refractivity contribution in [3.63, 3.8) is 0 Å². The van der Waals surface area contributed by atoms with Crippen molar-refractivity contribution in [1.82, 2.24) is 0 Å². The number of hydrogen-bond acceptors (Lipinski definition) is 10. The Balaban J connectivity index is 0.000000161. The van der Waals surface area contributed by atoms with E-state index < -0.39 is 53.9 Å². The van der Waals surface area contributed by atoms with Gasteiger partial charge in [-0.1, -0.05) is 181 Å². The number of anilines is 4. The number of carbonyl (C=O) groups excluding carboxylic acids is 4. The van der Waals surface area contributed by atoms with Crippen LogP contribution in [-0.4, -0.2) is 81.4 Å². The summed E-state index contributed by atoms with van der Waals surface area (Å²) in [5.74, 6) is -6.14. The lowest BCUT2D eigenvalue weighted by Gasteiger charge is -2.11. The summed E-state index contributed by atoms with van der Waals surface area (Å²) < 4.78 is 46.2. The number of carbonyl (C=O) groups is 8. The molecule has 12 rings (SSSR count). The van der Waals surface area contributed by atoms with E-state index >= 15 is 0 Å². The van der Waals surface area contributed by atoms with Crippen molar-refractivity contribution in [3.05, 3.63) is 347 Å². The molecule has 0 saturated heterocycles. The van der Waals surface area contributed by atoms with Crippen molar-refractivity contribution in [2.75, 3.05) is 28.4 Å². The molecule has 0 aliphatic heterocycles. The van der Waals surface area contributed by atoms with Gasteiger partial charge in [0.2, 0.25) is 0 Å². The van der Waals surface area contributed by atoms with Gasteiger partial charge in [-0.2, -0.15) is 0 Å². The maximum atomic E-state index is 12.4. The molecule has 4 amide bonds. The predicted octanol–water partition coefficient (Wildman–Crippen LogP) is 18.8. The third-order valence-corrected chi connectivity index (χ3v) is 15.6. The SMILES string of the molecule is COc1cccc(-c2ccc(NC(=O)c3ccccc3C(=O)O)cc2)c1.O=C(O)c1ccccc1C(=O)Nc1ccc(-c2cccc(OC(F)(F)F)c2)cc1.O=C(O)c1ccccc1C(=O)Nc1ccc(-c2ccccc2)cc1.O=C(O)c1ccccc1C(=O)Nc1ccc(-c2ccccc2Cl)cc1. The standard InChI is InChI=1S/C21H14F3NO4.C21H17NO4.C20H14ClNO3.C20H15NO3/c22-21(23,24)29-16-5-3-4-14(12-16)13-8-10-15(11-9-13)25-19(26)17-6-1-2-7-18(17)20(27)28;1-26-17-6-4-5-15(13-17)14-9-11-16(12-10-14)22-20(23)18-7-2-3-8-19(18)21(24)25;21-18-8-4-3-5-15(18)13-9-11-14(12-10-13)22-19(23)16-6-1-2-7-17(16)20(24)25;22-19(17-8-4-5-9-18(17)20(23)24)21-16-12-10-15(11-13-16)14-6-2-1-3-7-14/h1-12H,(H,25,26)(H,27,28);2-13H,1H3,(H,22,23)(H,24,25);1-12H,(H,22,23)(H,24,25);1-13H,(H,21,22)(H,23,24). The van der Waals surface area contributed by atoms with Crippen LogP contribution in [0, 0.1) is 0 Å². The lowest BCUT2D eigenvalue weighted by atomic mass is 10.0. The summed E-state index contributed by atoms with van der Waals surface area (Å²) >= 11 is 6.18. The van der Waals surface area contributed by atoms with Gasteiger partial charge in [0.1, 0.15) is 11.5 Å². The molecule has 0 radical (unpaired) electrons. The Morgan fingerprint density at radius 2 is 0.558 bits per heavy atom. The Kier molecular flexibility index (Phi) is 25.2. The molecule has 520 valence electrons. The van der Waals surface area contributed by atoms with Gasteiger partial charge in [0.25, 0.3) is 23.6 Å². The second-order valence-corrected chi connectivity index (χ2v) is 22.6. The average Bonchev–Trinajstić information content (AvgIpc) is 0.844. The minimum atomic E-state index is -4.78. The minimum absolute atomic E-state index is 0.0149.